The summed E-state index contributed by atoms with van der Waals surface area (Å²) in [6.45, 7) is 2.35. The van der Waals surface area contributed by atoms with Gasteiger partial charge in [0.1, 0.15) is 0 Å². The van der Waals surface area contributed by atoms with Crippen LogP contribution in [0.4, 0.5) is 5.69 Å². The smallest absolute Gasteiger partial charge is 0.282 e. The Kier molecular flexibility index (Phi) is 4.22. The van der Waals surface area contributed by atoms with Gasteiger partial charge in [0.15, 0.2) is 0 Å². The molecule has 21 heavy (non-hydrogen) atoms. The van der Waals surface area contributed by atoms with Crippen LogP contribution in [0.15, 0.2) is 35.5 Å². The molecule has 2 rings (SSSR count). The van der Waals surface area contributed by atoms with Crippen molar-refractivity contribution >= 4 is 21.6 Å². The van der Waals surface area contributed by atoms with Crippen LogP contribution in [0.2, 0.25) is 0 Å². The van der Waals surface area contributed by atoms with Gasteiger partial charge in [0.25, 0.3) is 15.9 Å². The molecule has 0 bridgehead atoms. The average Bonchev–Trinajstić information content (AvgIpc) is 2.87. The molecule has 0 fully saturated rings. The standard InChI is InChI=1S/C12H15N5O3S/c1-3-13-12(18)9-4-6-10(7-5-9)16-21(19,20)11-8-14-17(2)15-11/h4-8,16H,3H2,1-2H3,(H,13,18). The monoisotopic (exact) mass is 309 g/mol. The lowest BCUT2D eigenvalue weighted by atomic mass is 10.2. The van der Waals surface area contributed by atoms with Gasteiger partial charge in [0.05, 0.1) is 6.20 Å². The molecule has 1 aromatic carbocycles. The predicted molar refractivity (Wildman–Crippen MR) is 76.3 cm³/mol. The number of nitrogens with zero attached hydrogens (tertiary/aromatic N) is 3. The van der Waals surface area contributed by atoms with Gasteiger partial charge in [0.2, 0.25) is 5.03 Å². The number of carbonyl (C=O) groups is 1. The lowest BCUT2D eigenvalue weighted by molar-refractivity contribution is 0.0956. The molecule has 0 unspecified atom stereocenters. The van der Waals surface area contributed by atoms with Crippen molar-refractivity contribution in [3.63, 3.8) is 0 Å². The zero-order valence-corrected chi connectivity index (χ0v) is 12.4. The molecule has 0 aliphatic rings. The van der Waals surface area contributed by atoms with Crippen LogP contribution in [0.5, 0.6) is 0 Å². The van der Waals surface area contributed by atoms with Crippen molar-refractivity contribution in [2.45, 2.75) is 11.9 Å². The number of amides is 1. The summed E-state index contributed by atoms with van der Waals surface area (Å²) in [4.78, 5) is 12.8. The highest BCUT2D eigenvalue weighted by Gasteiger charge is 2.18. The van der Waals surface area contributed by atoms with Gasteiger partial charge in [-0.15, -0.1) is 5.10 Å². The molecule has 1 heterocycles. The minimum Gasteiger partial charge on any atom is -0.352 e. The van der Waals surface area contributed by atoms with E-state index in [0.717, 1.165) is 11.0 Å². The summed E-state index contributed by atoms with van der Waals surface area (Å²) >= 11 is 0. The van der Waals surface area contributed by atoms with E-state index in [9.17, 15) is 13.2 Å². The fraction of sp³-hybridized carbons (Fsp3) is 0.250. The van der Waals surface area contributed by atoms with E-state index in [-0.39, 0.29) is 10.9 Å². The SMILES string of the molecule is CCNC(=O)c1ccc(NS(=O)(=O)c2cnn(C)n2)cc1. The molecule has 9 heteroatoms. The number of benzene rings is 1. The molecular weight excluding hydrogens is 294 g/mol. The first kappa shape index (κ1) is 15.0. The predicted octanol–water partition coefficient (Wildman–Crippen LogP) is 0.366. The summed E-state index contributed by atoms with van der Waals surface area (Å²) in [7, 11) is -2.25. The normalized spacial score (nSPS) is 11.1. The lowest BCUT2D eigenvalue weighted by Gasteiger charge is -2.06. The van der Waals surface area contributed by atoms with Crippen LogP contribution in [0.1, 0.15) is 17.3 Å². The van der Waals surface area contributed by atoms with Gasteiger partial charge in [-0.05, 0) is 31.2 Å². The largest absolute Gasteiger partial charge is 0.352 e. The third-order valence-corrected chi connectivity index (χ3v) is 3.83. The number of anilines is 1. The fourth-order valence-electron chi connectivity index (χ4n) is 1.61. The maximum Gasteiger partial charge on any atom is 0.282 e. The van der Waals surface area contributed by atoms with Gasteiger partial charge in [-0.1, -0.05) is 0 Å². The Morgan fingerprint density at radius 3 is 2.48 bits per heavy atom. The van der Waals surface area contributed by atoms with Crippen molar-refractivity contribution in [2.75, 3.05) is 11.3 Å². The van der Waals surface area contributed by atoms with Crippen LogP contribution in [0.25, 0.3) is 0 Å². The zero-order chi connectivity index (χ0) is 15.5. The molecular formula is C12H15N5O3S. The molecule has 0 saturated carbocycles. The van der Waals surface area contributed by atoms with Crippen molar-refractivity contribution in [3.8, 4) is 0 Å². The van der Waals surface area contributed by atoms with Crippen LogP contribution >= 0.6 is 0 Å². The summed E-state index contributed by atoms with van der Waals surface area (Å²) in [6, 6.07) is 6.11. The van der Waals surface area contributed by atoms with E-state index in [1.54, 1.807) is 12.1 Å². The molecule has 0 radical (unpaired) electrons. The number of hydrogen-bond acceptors (Lipinski definition) is 5. The van der Waals surface area contributed by atoms with Crippen molar-refractivity contribution < 1.29 is 13.2 Å². The third-order valence-electron chi connectivity index (χ3n) is 2.59. The van der Waals surface area contributed by atoms with E-state index in [4.69, 9.17) is 0 Å². The number of carbonyl (C=O) groups excluding carboxylic acids is 1. The maximum absolute atomic E-state index is 12.0. The molecule has 0 atom stereocenters. The summed E-state index contributed by atoms with van der Waals surface area (Å²) < 4.78 is 26.4. The fourth-order valence-corrected chi connectivity index (χ4v) is 2.57. The molecule has 8 nitrogen and oxygen atoms in total. The van der Waals surface area contributed by atoms with E-state index < -0.39 is 10.0 Å². The Labute approximate surface area is 122 Å². The summed E-state index contributed by atoms with van der Waals surface area (Å²) in [5.74, 6) is -0.208. The van der Waals surface area contributed by atoms with Crippen LogP contribution in [-0.2, 0) is 17.1 Å². The minimum atomic E-state index is -3.78. The van der Waals surface area contributed by atoms with E-state index in [1.807, 2.05) is 6.92 Å². The maximum atomic E-state index is 12.0. The molecule has 0 saturated heterocycles. The van der Waals surface area contributed by atoms with E-state index in [1.165, 1.54) is 19.2 Å². The molecule has 1 amide bonds. The van der Waals surface area contributed by atoms with Crippen LogP contribution in [-0.4, -0.2) is 35.9 Å². The Morgan fingerprint density at radius 2 is 1.95 bits per heavy atom. The first-order valence-electron chi connectivity index (χ1n) is 6.20. The first-order valence-corrected chi connectivity index (χ1v) is 7.68. The van der Waals surface area contributed by atoms with Crippen molar-refractivity contribution in [2.24, 2.45) is 7.05 Å². The Morgan fingerprint density at radius 1 is 1.29 bits per heavy atom. The second-order valence-corrected chi connectivity index (χ2v) is 5.84. The Hall–Kier alpha value is -2.42. The second-order valence-electron chi connectivity index (χ2n) is 4.21. The molecule has 2 aromatic rings. The van der Waals surface area contributed by atoms with Gasteiger partial charge < -0.3 is 5.32 Å². The number of sulfonamides is 1. The van der Waals surface area contributed by atoms with Crippen LogP contribution in [0.3, 0.4) is 0 Å². The molecule has 1 aromatic heterocycles. The third kappa shape index (κ3) is 3.57. The summed E-state index contributed by atoms with van der Waals surface area (Å²) in [5, 5.41) is 9.95. The number of nitrogens with one attached hydrogen (secondary N) is 2. The molecule has 2 N–H and O–H groups in total. The van der Waals surface area contributed by atoms with E-state index in [0.29, 0.717) is 17.8 Å². The number of aromatic nitrogens is 3. The van der Waals surface area contributed by atoms with Crippen molar-refractivity contribution in [3.05, 3.63) is 36.0 Å². The highest BCUT2D eigenvalue weighted by atomic mass is 32.2. The molecule has 0 spiro atoms. The summed E-state index contributed by atoms with van der Waals surface area (Å²) in [5.41, 5.74) is 0.799. The van der Waals surface area contributed by atoms with E-state index in [2.05, 4.69) is 20.2 Å². The van der Waals surface area contributed by atoms with Gasteiger partial charge in [0, 0.05) is 24.8 Å². The Bertz CT molecular complexity index is 737. The van der Waals surface area contributed by atoms with E-state index >= 15 is 0 Å². The first-order chi connectivity index (χ1) is 9.92. The molecule has 0 aliphatic heterocycles. The number of rotatable bonds is 5. The number of hydrogen-bond donors (Lipinski definition) is 2. The molecule has 0 aliphatic carbocycles. The molecule has 112 valence electrons. The van der Waals surface area contributed by atoms with Gasteiger partial charge in [-0.2, -0.15) is 18.3 Å². The second kappa shape index (κ2) is 5.92. The Balaban J connectivity index is 2.15. The van der Waals surface area contributed by atoms with Gasteiger partial charge >= 0.3 is 0 Å². The van der Waals surface area contributed by atoms with Gasteiger partial charge in [-0.3, -0.25) is 9.52 Å². The minimum absolute atomic E-state index is 0.169. The topological polar surface area (TPSA) is 106 Å². The zero-order valence-electron chi connectivity index (χ0n) is 11.6. The highest BCUT2D eigenvalue weighted by Crippen LogP contribution is 2.14. The summed E-state index contributed by atoms with van der Waals surface area (Å²) in [6.07, 6.45) is 1.16. The quantitative estimate of drug-likeness (QED) is 0.830. The van der Waals surface area contributed by atoms with Crippen molar-refractivity contribution in [1.82, 2.24) is 20.3 Å². The lowest BCUT2D eigenvalue weighted by Crippen LogP contribution is -2.22. The van der Waals surface area contributed by atoms with Crippen molar-refractivity contribution in [1.29, 1.82) is 0 Å². The number of aryl methyl sites for hydroxylation is 1. The van der Waals surface area contributed by atoms with Gasteiger partial charge in [-0.25, -0.2) is 0 Å². The van der Waals surface area contributed by atoms with Crippen LogP contribution < -0.4 is 10.0 Å². The van der Waals surface area contributed by atoms with Crippen LogP contribution in [0, 0.1) is 0 Å². The highest BCUT2D eigenvalue weighted by molar-refractivity contribution is 7.92. The average molecular weight is 309 g/mol.